The van der Waals surface area contributed by atoms with Gasteiger partial charge in [0.15, 0.2) is 0 Å². The quantitative estimate of drug-likeness (QED) is 0.226. The summed E-state index contributed by atoms with van der Waals surface area (Å²) in [6.07, 6.45) is -7.85. The molecule has 1 heterocycles. The lowest BCUT2D eigenvalue weighted by Crippen LogP contribution is -2.39. The van der Waals surface area contributed by atoms with Crippen molar-refractivity contribution >= 4 is 20.9 Å². The number of aromatic nitrogens is 1. The van der Waals surface area contributed by atoms with Crippen LogP contribution in [-0.2, 0) is 22.7 Å². The fraction of sp³-hybridized carbons (Fsp3) is 0.286. The highest BCUT2D eigenvalue weighted by Gasteiger charge is 2.47. The van der Waals surface area contributed by atoms with Crippen molar-refractivity contribution in [3.05, 3.63) is 89.6 Å². The molecular weight excluding hydrogens is 558 g/mol. The molecule has 0 radical (unpaired) electrons. The maximum atomic E-state index is 14.3. The summed E-state index contributed by atoms with van der Waals surface area (Å²) in [7, 11) is -2.75. The number of methoxy groups -OCH3 is 1. The van der Waals surface area contributed by atoms with Gasteiger partial charge in [-0.3, -0.25) is 0 Å². The topological polar surface area (TPSA) is 60.3 Å². The molecule has 5 nitrogen and oxygen atoms in total. The van der Waals surface area contributed by atoms with Crippen molar-refractivity contribution in [2.45, 2.75) is 43.0 Å². The van der Waals surface area contributed by atoms with E-state index in [1.165, 1.54) is 54.3 Å². The Hall–Kier alpha value is -3.51. The lowest BCUT2D eigenvalue weighted by atomic mass is 9.97. The van der Waals surface area contributed by atoms with Crippen molar-refractivity contribution in [1.82, 2.24) is 9.29 Å². The molecule has 1 atom stereocenters. The number of halogens is 6. The van der Waals surface area contributed by atoms with E-state index >= 15 is 0 Å². The van der Waals surface area contributed by atoms with Crippen LogP contribution in [0, 0.1) is 0 Å². The number of nitrogens with one attached hydrogen (secondary N) is 1. The summed E-state index contributed by atoms with van der Waals surface area (Å²) >= 11 is 0. The number of hydrogen-bond donors (Lipinski definition) is 1. The number of rotatable bonds is 8. The van der Waals surface area contributed by atoms with Gasteiger partial charge in [-0.2, -0.15) is 31.1 Å². The van der Waals surface area contributed by atoms with Gasteiger partial charge >= 0.3 is 12.4 Å². The van der Waals surface area contributed by atoms with Crippen LogP contribution in [0.1, 0.15) is 35.6 Å². The second kappa shape index (κ2) is 10.2. The molecule has 1 unspecified atom stereocenters. The molecule has 0 spiro atoms. The van der Waals surface area contributed by atoms with Gasteiger partial charge in [-0.15, -0.1) is 0 Å². The largest absolute Gasteiger partial charge is 0.497 e. The van der Waals surface area contributed by atoms with Crippen LogP contribution in [0.3, 0.4) is 0 Å². The van der Waals surface area contributed by atoms with Gasteiger partial charge in [-0.05, 0) is 53.8 Å². The fourth-order valence-electron chi connectivity index (χ4n) is 4.70. The molecule has 1 fully saturated rings. The minimum Gasteiger partial charge on any atom is -0.497 e. The third-order valence-electron chi connectivity index (χ3n) is 6.85. The Bertz CT molecular complexity index is 1640. The van der Waals surface area contributed by atoms with Crippen LogP contribution in [0.5, 0.6) is 5.75 Å². The zero-order chi connectivity index (χ0) is 28.9. The summed E-state index contributed by atoms with van der Waals surface area (Å²) in [6, 6.07) is 13.2. The molecule has 0 aliphatic heterocycles. The smallest absolute Gasteiger partial charge is 0.417 e. The lowest BCUT2D eigenvalue weighted by Gasteiger charge is -2.21. The molecule has 1 saturated carbocycles. The van der Waals surface area contributed by atoms with E-state index in [4.69, 9.17) is 4.74 Å². The van der Waals surface area contributed by atoms with Gasteiger partial charge in [-0.1, -0.05) is 42.5 Å². The predicted molar refractivity (Wildman–Crippen MR) is 138 cm³/mol. The standard InChI is InChI=1S/C28H24F6N2O3S/c1-39-19-9-6-17(7-10-19)15-36-16-23(26(28(32,33)34)35-40(37,38)20-11-12-20)22-13-8-18(14-25(22)36)21-4-2-3-5-24(21)27(29,30)31/h2-10,13-14,16,20,26,35H,11-12,15H2,1H3. The van der Waals surface area contributed by atoms with Gasteiger partial charge in [0.1, 0.15) is 11.8 Å². The maximum absolute atomic E-state index is 14.3. The Kier molecular flexibility index (Phi) is 7.11. The van der Waals surface area contributed by atoms with Gasteiger partial charge in [-0.25, -0.2) is 8.42 Å². The van der Waals surface area contributed by atoms with E-state index in [-0.39, 0.29) is 47.0 Å². The van der Waals surface area contributed by atoms with Gasteiger partial charge < -0.3 is 9.30 Å². The van der Waals surface area contributed by atoms with E-state index in [0.29, 0.717) is 11.3 Å². The van der Waals surface area contributed by atoms with Crippen LogP contribution >= 0.6 is 0 Å². The molecule has 1 aliphatic carbocycles. The molecule has 3 aromatic carbocycles. The molecule has 4 aromatic rings. The Labute approximate surface area is 226 Å². The van der Waals surface area contributed by atoms with Crippen LogP contribution in [-0.4, -0.2) is 31.5 Å². The van der Waals surface area contributed by atoms with Crippen molar-refractivity contribution in [3.8, 4) is 16.9 Å². The Morgan fingerprint density at radius 1 is 0.975 bits per heavy atom. The number of nitrogens with zero attached hydrogens (tertiary/aromatic N) is 1. The minimum absolute atomic E-state index is 0.0718. The van der Waals surface area contributed by atoms with Crippen molar-refractivity contribution in [1.29, 1.82) is 0 Å². The first kappa shape index (κ1) is 28.0. The molecular formula is C28H24F6N2O3S. The van der Waals surface area contributed by atoms with E-state index in [9.17, 15) is 34.8 Å². The predicted octanol–water partition coefficient (Wildman–Crippen LogP) is 7.07. The fourth-order valence-corrected chi connectivity index (χ4v) is 6.24. The van der Waals surface area contributed by atoms with E-state index in [2.05, 4.69) is 0 Å². The van der Waals surface area contributed by atoms with Gasteiger partial charge in [0.05, 0.1) is 17.9 Å². The first-order chi connectivity index (χ1) is 18.8. The van der Waals surface area contributed by atoms with Crippen LogP contribution in [0.2, 0.25) is 0 Å². The number of alkyl halides is 6. The van der Waals surface area contributed by atoms with Gasteiger partial charge in [0.25, 0.3) is 0 Å². The van der Waals surface area contributed by atoms with Crippen LogP contribution < -0.4 is 9.46 Å². The summed E-state index contributed by atoms with van der Waals surface area (Å²) < 4.78 is 118. The molecule has 0 amide bonds. The third kappa shape index (κ3) is 5.68. The summed E-state index contributed by atoms with van der Waals surface area (Å²) in [6.45, 7) is 0.0742. The average molecular weight is 583 g/mol. The average Bonchev–Trinajstić information content (AvgIpc) is 3.71. The SMILES string of the molecule is COc1ccc(Cn2cc(C(NS(=O)(=O)C3CC3)C(F)(F)F)c3ccc(-c4ccccc4C(F)(F)F)cc32)cc1. The normalized spacial score (nSPS) is 15.4. The second-order valence-electron chi connectivity index (χ2n) is 9.67. The van der Waals surface area contributed by atoms with Crippen molar-refractivity contribution in [2.24, 2.45) is 0 Å². The molecule has 1 N–H and O–H groups in total. The van der Waals surface area contributed by atoms with E-state index in [1.54, 1.807) is 24.3 Å². The highest BCUT2D eigenvalue weighted by atomic mass is 32.2. The first-order valence-corrected chi connectivity index (χ1v) is 13.8. The zero-order valence-electron chi connectivity index (χ0n) is 21.1. The van der Waals surface area contributed by atoms with E-state index < -0.39 is 39.2 Å². The van der Waals surface area contributed by atoms with Crippen molar-refractivity contribution < 1.29 is 39.5 Å². The first-order valence-electron chi connectivity index (χ1n) is 12.3. The van der Waals surface area contributed by atoms with Crippen molar-refractivity contribution in [2.75, 3.05) is 7.11 Å². The summed E-state index contributed by atoms with van der Waals surface area (Å²) in [5.41, 5.74) is -0.280. The minimum atomic E-state index is -4.97. The van der Waals surface area contributed by atoms with Crippen LogP contribution in [0.15, 0.2) is 72.9 Å². The molecule has 0 saturated heterocycles. The zero-order valence-corrected chi connectivity index (χ0v) is 21.9. The third-order valence-corrected chi connectivity index (χ3v) is 8.77. The number of ether oxygens (including phenoxy) is 1. The van der Waals surface area contributed by atoms with Gasteiger partial charge in [0, 0.05) is 29.2 Å². The number of benzene rings is 3. The van der Waals surface area contributed by atoms with Crippen molar-refractivity contribution in [3.63, 3.8) is 0 Å². The van der Waals surface area contributed by atoms with E-state index in [0.717, 1.165) is 6.07 Å². The molecule has 1 aromatic heterocycles. The molecule has 12 heteroatoms. The molecule has 1 aliphatic rings. The molecule has 5 rings (SSSR count). The molecule has 212 valence electrons. The van der Waals surface area contributed by atoms with E-state index in [1.807, 2.05) is 4.72 Å². The van der Waals surface area contributed by atoms with Crippen LogP contribution in [0.25, 0.3) is 22.0 Å². The molecule has 0 bridgehead atoms. The summed E-state index contributed by atoms with van der Waals surface area (Å²) in [5.74, 6) is 0.569. The number of sulfonamides is 1. The van der Waals surface area contributed by atoms with Crippen LogP contribution in [0.4, 0.5) is 26.3 Å². The summed E-state index contributed by atoms with van der Waals surface area (Å²) in [5, 5.41) is -0.807. The Balaban J connectivity index is 1.68. The summed E-state index contributed by atoms with van der Waals surface area (Å²) in [4.78, 5) is 0. The number of hydrogen-bond acceptors (Lipinski definition) is 3. The number of fused-ring (bicyclic) bond motifs is 1. The highest BCUT2D eigenvalue weighted by Crippen LogP contribution is 2.42. The highest BCUT2D eigenvalue weighted by molar-refractivity contribution is 7.90. The lowest BCUT2D eigenvalue weighted by molar-refractivity contribution is -0.152. The molecule has 40 heavy (non-hydrogen) atoms. The monoisotopic (exact) mass is 582 g/mol. The van der Waals surface area contributed by atoms with Gasteiger partial charge in [0.2, 0.25) is 10.0 Å². The second-order valence-corrected chi connectivity index (χ2v) is 11.7. The Morgan fingerprint density at radius 2 is 1.65 bits per heavy atom. The Morgan fingerprint density at radius 3 is 2.25 bits per heavy atom. The maximum Gasteiger partial charge on any atom is 0.417 e.